The van der Waals surface area contributed by atoms with Gasteiger partial charge in [0.1, 0.15) is 0 Å². The molecule has 1 aliphatic heterocycles. The highest BCUT2D eigenvalue weighted by Gasteiger charge is 2.05. The van der Waals surface area contributed by atoms with Crippen LogP contribution in [0.25, 0.3) is 0 Å². The van der Waals surface area contributed by atoms with Crippen molar-refractivity contribution in [2.75, 3.05) is 13.1 Å². The lowest BCUT2D eigenvalue weighted by Gasteiger charge is -2.04. The molecule has 49 valence electrons. The smallest absolute Gasteiger partial charge is 0.0261 e. The van der Waals surface area contributed by atoms with Gasteiger partial charge in [-0.3, -0.25) is 0 Å². The molecule has 0 aromatic heterocycles. The van der Waals surface area contributed by atoms with E-state index in [0.29, 0.717) is 0 Å². The van der Waals surface area contributed by atoms with Crippen molar-refractivity contribution in [2.24, 2.45) is 0 Å². The Morgan fingerprint density at radius 2 is 2.00 bits per heavy atom. The summed E-state index contributed by atoms with van der Waals surface area (Å²) in [6.45, 7) is 5.97. The van der Waals surface area contributed by atoms with Gasteiger partial charge in [0.15, 0.2) is 0 Å². The van der Waals surface area contributed by atoms with E-state index in [1.54, 1.807) is 0 Å². The van der Waals surface area contributed by atoms with Crippen LogP contribution in [0.4, 0.5) is 0 Å². The van der Waals surface area contributed by atoms with Crippen molar-refractivity contribution >= 4 is 0 Å². The van der Waals surface area contributed by atoms with E-state index in [0.717, 1.165) is 19.5 Å². The molecule has 1 heterocycles. The zero-order chi connectivity index (χ0) is 6.53. The number of hydrogen-bond acceptors (Lipinski definition) is 1. The molecule has 1 fully saturated rings. The van der Waals surface area contributed by atoms with E-state index in [4.69, 9.17) is 0 Å². The number of nitrogens with zero attached hydrogens (tertiary/aromatic N) is 1. The van der Waals surface area contributed by atoms with Crippen molar-refractivity contribution in [3.8, 4) is 12.0 Å². The van der Waals surface area contributed by atoms with Gasteiger partial charge in [-0.1, -0.05) is 5.92 Å². The monoisotopic (exact) mass is 122 g/mol. The second kappa shape index (κ2) is 3.40. The summed E-state index contributed by atoms with van der Waals surface area (Å²) in [6.07, 6.45) is 3.36. The van der Waals surface area contributed by atoms with Crippen LogP contribution in [-0.4, -0.2) is 18.0 Å². The molecule has 1 saturated heterocycles. The van der Waals surface area contributed by atoms with E-state index >= 15 is 0 Å². The average Bonchev–Trinajstić information content (AvgIpc) is 2.34. The van der Waals surface area contributed by atoms with Crippen LogP contribution in [-0.2, 0) is 0 Å². The molecule has 0 aromatic carbocycles. The van der Waals surface area contributed by atoms with Gasteiger partial charge in [0, 0.05) is 25.6 Å². The second-order valence-corrected chi connectivity index (χ2v) is 2.23. The minimum Gasteiger partial charge on any atom is -0.333 e. The van der Waals surface area contributed by atoms with Gasteiger partial charge in [-0.15, -0.1) is 0 Å². The van der Waals surface area contributed by atoms with E-state index in [-0.39, 0.29) is 0 Å². The lowest BCUT2D eigenvalue weighted by Crippen LogP contribution is -2.10. The Labute approximate surface area is 57.0 Å². The molecule has 0 saturated carbocycles. The fourth-order valence-electron chi connectivity index (χ4n) is 0.997. The van der Waals surface area contributed by atoms with Gasteiger partial charge >= 0.3 is 0 Å². The molecule has 0 aliphatic carbocycles. The van der Waals surface area contributed by atoms with Crippen LogP contribution < -0.4 is 0 Å². The highest BCUT2D eigenvalue weighted by Crippen LogP contribution is 2.04. The number of rotatable bonds is 0. The second-order valence-electron chi connectivity index (χ2n) is 2.23. The molecule has 1 rings (SSSR count). The molecule has 1 nitrogen and oxygen atoms in total. The van der Waals surface area contributed by atoms with Crippen LogP contribution in [0.15, 0.2) is 0 Å². The van der Waals surface area contributed by atoms with Crippen molar-refractivity contribution in [3.63, 3.8) is 0 Å². The normalized spacial score (nSPS) is 17.2. The minimum absolute atomic E-state index is 0.733. The lowest BCUT2D eigenvalue weighted by molar-refractivity contribution is 0.496. The largest absolute Gasteiger partial charge is 0.333 e. The summed E-state index contributed by atoms with van der Waals surface area (Å²) in [7, 11) is 0. The molecule has 0 amide bonds. The van der Waals surface area contributed by atoms with E-state index in [2.05, 4.69) is 23.8 Å². The fraction of sp³-hybridized carbons (Fsp3) is 0.625. The van der Waals surface area contributed by atoms with E-state index in [1.807, 2.05) is 0 Å². The first-order valence-corrected chi connectivity index (χ1v) is 3.46. The topological polar surface area (TPSA) is 3.24 Å². The molecular weight excluding hydrogens is 110 g/mol. The van der Waals surface area contributed by atoms with Crippen LogP contribution in [0.5, 0.6) is 0 Å². The molecule has 1 heteroatoms. The molecule has 0 bridgehead atoms. The van der Waals surface area contributed by atoms with E-state index in [9.17, 15) is 0 Å². The van der Waals surface area contributed by atoms with Gasteiger partial charge < -0.3 is 4.90 Å². The van der Waals surface area contributed by atoms with Crippen LogP contribution in [0.1, 0.15) is 19.3 Å². The van der Waals surface area contributed by atoms with Gasteiger partial charge in [-0.25, -0.2) is 0 Å². The van der Waals surface area contributed by atoms with Crippen molar-refractivity contribution in [1.82, 2.24) is 4.90 Å². The first-order valence-electron chi connectivity index (χ1n) is 3.46. The molecule has 0 N–H and O–H groups in total. The maximum absolute atomic E-state index is 3.65. The Morgan fingerprint density at radius 3 is 2.56 bits per heavy atom. The molecule has 9 heavy (non-hydrogen) atoms. The predicted molar refractivity (Wildman–Crippen MR) is 38.6 cm³/mol. The van der Waals surface area contributed by atoms with Crippen molar-refractivity contribution < 1.29 is 0 Å². The average molecular weight is 122 g/mol. The molecular formula is C8H12N. The first kappa shape index (κ1) is 6.48. The Balaban J connectivity index is 2.26. The van der Waals surface area contributed by atoms with Crippen LogP contribution in [0.2, 0.25) is 0 Å². The Bertz CT molecular complexity index is 123. The summed E-state index contributed by atoms with van der Waals surface area (Å²) >= 11 is 0. The van der Waals surface area contributed by atoms with Crippen LogP contribution in [0, 0.1) is 18.9 Å². The fourth-order valence-corrected chi connectivity index (χ4v) is 0.997. The van der Waals surface area contributed by atoms with Gasteiger partial charge in [-0.05, 0) is 19.8 Å². The Morgan fingerprint density at radius 1 is 1.33 bits per heavy atom. The van der Waals surface area contributed by atoms with Crippen molar-refractivity contribution in [2.45, 2.75) is 19.3 Å². The van der Waals surface area contributed by atoms with E-state index < -0.39 is 0 Å². The summed E-state index contributed by atoms with van der Waals surface area (Å²) < 4.78 is 0. The predicted octanol–water partition coefficient (Wildman–Crippen LogP) is 1.27. The molecule has 0 aromatic rings. The molecule has 0 atom stereocenters. The van der Waals surface area contributed by atoms with Crippen LogP contribution >= 0.6 is 0 Å². The summed E-state index contributed by atoms with van der Waals surface area (Å²) in [5, 5.41) is 0. The van der Waals surface area contributed by atoms with E-state index in [1.165, 1.54) is 12.8 Å². The zero-order valence-electron chi connectivity index (χ0n) is 5.69. The standard InChI is InChI=1S/C8H12N/c1-2-3-6-9-7-4-5-8-9/h1-2,4-5,7-8H2. The Hall–Kier alpha value is -0.640. The van der Waals surface area contributed by atoms with Gasteiger partial charge in [-0.2, -0.15) is 0 Å². The summed E-state index contributed by atoms with van der Waals surface area (Å²) in [6, 6.07) is 3.05. The lowest BCUT2D eigenvalue weighted by atomic mass is 10.4. The highest BCUT2D eigenvalue weighted by molar-refractivity contribution is 5.00. The molecule has 1 radical (unpaired) electrons. The third-order valence-corrected chi connectivity index (χ3v) is 1.47. The highest BCUT2D eigenvalue weighted by atomic mass is 15.1. The summed E-state index contributed by atoms with van der Waals surface area (Å²) in [5.41, 5.74) is 0. The maximum atomic E-state index is 3.65. The summed E-state index contributed by atoms with van der Waals surface area (Å²) in [5.74, 6) is 2.96. The summed E-state index contributed by atoms with van der Waals surface area (Å²) in [4.78, 5) is 2.17. The van der Waals surface area contributed by atoms with Crippen molar-refractivity contribution in [1.29, 1.82) is 0 Å². The number of hydrogen-bond donors (Lipinski definition) is 0. The quantitative estimate of drug-likeness (QED) is 0.437. The number of likely N-dealkylation sites (tertiary alicyclic amines) is 1. The van der Waals surface area contributed by atoms with Gasteiger partial charge in [0.05, 0.1) is 0 Å². The first-order chi connectivity index (χ1) is 4.43. The van der Waals surface area contributed by atoms with Gasteiger partial charge in [0.25, 0.3) is 0 Å². The van der Waals surface area contributed by atoms with Gasteiger partial charge in [0.2, 0.25) is 0 Å². The SMILES string of the molecule is [CH2]CC#CN1CCCC1. The maximum Gasteiger partial charge on any atom is 0.0261 e. The van der Waals surface area contributed by atoms with Crippen molar-refractivity contribution in [3.05, 3.63) is 6.92 Å². The third-order valence-electron chi connectivity index (χ3n) is 1.47. The third kappa shape index (κ3) is 1.97. The van der Waals surface area contributed by atoms with Crippen LogP contribution in [0.3, 0.4) is 0 Å². The molecule has 1 aliphatic rings. The molecule has 0 unspecified atom stereocenters. The minimum atomic E-state index is 0.733. The molecule has 0 spiro atoms. The Kier molecular flexibility index (Phi) is 2.45. The zero-order valence-corrected chi connectivity index (χ0v) is 5.69.